The molecule has 0 aliphatic heterocycles. The fourth-order valence-corrected chi connectivity index (χ4v) is 2.38. The van der Waals surface area contributed by atoms with Crippen molar-refractivity contribution in [3.05, 3.63) is 66.2 Å². The van der Waals surface area contributed by atoms with Crippen LogP contribution in [-0.2, 0) is 0 Å². The van der Waals surface area contributed by atoms with E-state index in [1.807, 2.05) is 42.5 Å². The number of ether oxygens (including phenoxy) is 1. The highest BCUT2D eigenvalue weighted by Crippen LogP contribution is 2.38. The van der Waals surface area contributed by atoms with Crippen molar-refractivity contribution in [1.82, 2.24) is 0 Å². The Kier molecular flexibility index (Phi) is 2.80. The first-order chi connectivity index (χ1) is 9.35. The van der Waals surface area contributed by atoms with Crippen LogP contribution in [0.4, 0.5) is 0 Å². The third-order valence-electron chi connectivity index (χ3n) is 3.19. The number of fused-ring (bicyclic) bond motifs is 3. The number of hydrogen-bond acceptors (Lipinski definition) is 3. The minimum absolute atomic E-state index is 0.456. The third-order valence-corrected chi connectivity index (χ3v) is 3.19. The fourth-order valence-electron chi connectivity index (χ4n) is 2.38. The Balaban J connectivity index is 2.12. The van der Waals surface area contributed by atoms with Gasteiger partial charge in [-0.1, -0.05) is 42.1 Å². The van der Waals surface area contributed by atoms with E-state index >= 15 is 0 Å². The Labute approximate surface area is 111 Å². The largest absolute Gasteiger partial charge is 0.490 e. The predicted molar refractivity (Wildman–Crippen MR) is 75.0 cm³/mol. The van der Waals surface area contributed by atoms with Crippen LogP contribution in [0.25, 0.3) is 11.1 Å². The standard InChI is InChI=1S/C16H13NO2/c1-2-9-19-11-7-8-13-12-5-3-4-6-14(12)16(17-18)15(13)10-11/h2-8,10,18H,1,9H2. The number of benzene rings is 2. The van der Waals surface area contributed by atoms with Gasteiger partial charge >= 0.3 is 0 Å². The van der Waals surface area contributed by atoms with Crippen LogP contribution in [0.5, 0.6) is 5.75 Å². The van der Waals surface area contributed by atoms with Crippen molar-refractivity contribution in [2.75, 3.05) is 6.61 Å². The molecule has 0 saturated heterocycles. The molecule has 0 radical (unpaired) electrons. The van der Waals surface area contributed by atoms with Crippen molar-refractivity contribution in [2.45, 2.75) is 0 Å². The second-order valence-corrected chi connectivity index (χ2v) is 4.30. The van der Waals surface area contributed by atoms with Crippen LogP contribution in [0.1, 0.15) is 11.1 Å². The average molecular weight is 251 g/mol. The van der Waals surface area contributed by atoms with E-state index in [0.29, 0.717) is 12.3 Å². The SMILES string of the molecule is C=CCOc1ccc2c(c1)C(=NO)c1ccccc1-2. The highest BCUT2D eigenvalue weighted by molar-refractivity contribution is 6.24. The summed E-state index contributed by atoms with van der Waals surface area (Å²) >= 11 is 0. The lowest BCUT2D eigenvalue weighted by molar-refractivity contribution is 0.319. The third kappa shape index (κ3) is 1.80. The molecule has 3 rings (SSSR count). The van der Waals surface area contributed by atoms with Gasteiger partial charge in [-0.05, 0) is 29.3 Å². The predicted octanol–water partition coefficient (Wildman–Crippen LogP) is 3.46. The van der Waals surface area contributed by atoms with E-state index in [9.17, 15) is 5.21 Å². The van der Waals surface area contributed by atoms with Crippen molar-refractivity contribution >= 4 is 5.71 Å². The summed E-state index contributed by atoms with van der Waals surface area (Å²) in [6, 6.07) is 13.7. The van der Waals surface area contributed by atoms with Gasteiger partial charge in [-0.25, -0.2) is 0 Å². The zero-order valence-corrected chi connectivity index (χ0v) is 10.3. The summed E-state index contributed by atoms with van der Waals surface area (Å²) in [5, 5.41) is 12.7. The van der Waals surface area contributed by atoms with Gasteiger partial charge in [0.25, 0.3) is 0 Å². The maximum atomic E-state index is 9.26. The summed E-state index contributed by atoms with van der Waals surface area (Å²) in [5.41, 5.74) is 4.58. The lowest BCUT2D eigenvalue weighted by Crippen LogP contribution is -1.99. The Morgan fingerprint density at radius 1 is 1.05 bits per heavy atom. The summed E-state index contributed by atoms with van der Waals surface area (Å²) in [5.74, 6) is 0.743. The maximum Gasteiger partial charge on any atom is 0.120 e. The molecule has 19 heavy (non-hydrogen) atoms. The molecule has 94 valence electrons. The molecule has 1 N–H and O–H groups in total. The molecule has 3 nitrogen and oxygen atoms in total. The highest BCUT2D eigenvalue weighted by atomic mass is 16.5. The minimum atomic E-state index is 0.456. The van der Waals surface area contributed by atoms with Crippen LogP contribution >= 0.6 is 0 Å². The van der Waals surface area contributed by atoms with Crippen molar-refractivity contribution in [1.29, 1.82) is 0 Å². The van der Waals surface area contributed by atoms with Gasteiger partial charge in [0.05, 0.1) is 0 Å². The maximum absolute atomic E-state index is 9.26. The fraction of sp³-hybridized carbons (Fsp3) is 0.0625. The van der Waals surface area contributed by atoms with E-state index in [-0.39, 0.29) is 0 Å². The Hall–Kier alpha value is -2.55. The summed E-state index contributed by atoms with van der Waals surface area (Å²) in [7, 11) is 0. The molecule has 3 heteroatoms. The van der Waals surface area contributed by atoms with Crippen molar-refractivity contribution in [2.24, 2.45) is 5.16 Å². The van der Waals surface area contributed by atoms with Gasteiger partial charge in [0.2, 0.25) is 0 Å². The van der Waals surface area contributed by atoms with Crippen LogP contribution in [0.15, 0.2) is 60.3 Å². The van der Waals surface area contributed by atoms with Gasteiger partial charge in [-0.15, -0.1) is 0 Å². The molecular formula is C16H13NO2. The molecule has 0 unspecified atom stereocenters. The molecule has 0 aromatic heterocycles. The van der Waals surface area contributed by atoms with Gasteiger partial charge in [0.1, 0.15) is 18.1 Å². The first-order valence-electron chi connectivity index (χ1n) is 6.05. The molecule has 0 atom stereocenters. The zero-order chi connectivity index (χ0) is 13.2. The lowest BCUT2D eigenvalue weighted by Gasteiger charge is -2.06. The average Bonchev–Trinajstić information content (AvgIpc) is 2.78. The second-order valence-electron chi connectivity index (χ2n) is 4.30. The van der Waals surface area contributed by atoms with Gasteiger partial charge in [-0.3, -0.25) is 0 Å². The molecule has 0 saturated carbocycles. The van der Waals surface area contributed by atoms with E-state index in [1.165, 1.54) is 0 Å². The molecule has 1 aliphatic rings. The van der Waals surface area contributed by atoms with Gasteiger partial charge < -0.3 is 9.94 Å². The monoisotopic (exact) mass is 251 g/mol. The van der Waals surface area contributed by atoms with Crippen LogP contribution < -0.4 is 4.74 Å². The molecule has 1 aliphatic carbocycles. The van der Waals surface area contributed by atoms with Crippen LogP contribution in [0, 0.1) is 0 Å². The number of hydrogen-bond donors (Lipinski definition) is 1. The second kappa shape index (κ2) is 4.61. The smallest absolute Gasteiger partial charge is 0.120 e. The Morgan fingerprint density at radius 3 is 2.53 bits per heavy atom. The van der Waals surface area contributed by atoms with Crippen molar-refractivity contribution in [3.8, 4) is 16.9 Å². The molecular weight excluding hydrogens is 238 g/mol. The minimum Gasteiger partial charge on any atom is -0.490 e. The van der Waals surface area contributed by atoms with E-state index in [1.54, 1.807) is 6.08 Å². The van der Waals surface area contributed by atoms with E-state index < -0.39 is 0 Å². The molecule has 2 aromatic carbocycles. The Morgan fingerprint density at radius 2 is 1.79 bits per heavy atom. The Bertz CT molecular complexity index is 674. The molecule has 0 amide bonds. The first kappa shape index (κ1) is 11.5. The summed E-state index contributed by atoms with van der Waals surface area (Å²) in [6.45, 7) is 4.08. The van der Waals surface area contributed by atoms with E-state index in [0.717, 1.165) is 28.0 Å². The number of nitrogens with zero attached hydrogens (tertiary/aromatic N) is 1. The first-order valence-corrected chi connectivity index (χ1v) is 6.05. The molecule has 0 heterocycles. The summed E-state index contributed by atoms with van der Waals surface area (Å²) in [6.07, 6.45) is 1.70. The van der Waals surface area contributed by atoms with Crippen LogP contribution in [0.3, 0.4) is 0 Å². The van der Waals surface area contributed by atoms with Gasteiger partial charge in [0, 0.05) is 11.1 Å². The van der Waals surface area contributed by atoms with Crippen molar-refractivity contribution < 1.29 is 9.94 Å². The topological polar surface area (TPSA) is 41.8 Å². The van der Waals surface area contributed by atoms with E-state index in [2.05, 4.69) is 11.7 Å². The normalized spacial score (nSPS) is 14.0. The van der Waals surface area contributed by atoms with Gasteiger partial charge in [0.15, 0.2) is 0 Å². The highest BCUT2D eigenvalue weighted by Gasteiger charge is 2.25. The molecule has 0 fully saturated rings. The molecule has 0 bridgehead atoms. The lowest BCUT2D eigenvalue weighted by atomic mass is 10.1. The number of rotatable bonds is 3. The van der Waals surface area contributed by atoms with Crippen molar-refractivity contribution in [3.63, 3.8) is 0 Å². The van der Waals surface area contributed by atoms with Crippen LogP contribution in [0.2, 0.25) is 0 Å². The van der Waals surface area contributed by atoms with Crippen LogP contribution in [-0.4, -0.2) is 17.5 Å². The molecule has 0 spiro atoms. The summed E-state index contributed by atoms with van der Waals surface area (Å²) in [4.78, 5) is 0. The summed E-state index contributed by atoms with van der Waals surface area (Å²) < 4.78 is 5.52. The quantitative estimate of drug-likeness (QED) is 0.440. The van der Waals surface area contributed by atoms with E-state index in [4.69, 9.17) is 4.74 Å². The molecule has 2 aromatic rings. The number of oxime groups is 1. The zero-order valence-electron chi connectivity index (χ0n) is 10.3. The van der Waals surface area contributed by atoms with Gasteiger partial charge in [-0.2, -0.15) is 0 Å².